The van der Waals surface area contributed by atoms with Crippen molar-refractivity contribution in [1.29, 1.82) is 0 Å². The summed E-state index contributed by atoms with van der Waals surface area (Å²) in [6.45, 7) is 0.821. The zero-order valence-electron chi connectivity index (χ0n) is 11.3. The zero-order chi connectivity index (χ0) is 13.8. The molecule has 0 radical (unpaired) electrons. The van der Waals surface area contributed by atoms with Crippen LogP contribution in [0.15, 0.2) is 47.8 Å². The summed E-state index contributed by atoms with van der Waals surface area (Å²) in [6, 6.07) is 14.1. The van der Waals surface area contributed by atoms with E-state index in [0.717, 1.165) is 24.3 Å². The summed E-state index contributed by atoms with van der Waals surface area (Å²) < 4.78 is 5.84. The number of carbonyl (C=O) groups excluding carboxylic acids is 1. The fraction of sp³-hybridized carbons (Fsp3) is 0.353. The van der Waals surface area contributed by atoms with Crippen LogP contribution in [0.25, 0.3) is 0 Å². The first-order chi connectivity index (χ1) is 9.84. The van der Waals surface area contributed by atoms with Gasteiger partial charge in [0.25, 0.3) is 0 Å². The van der Waals surface area contributed by atoms with Gasteiger partial charge >= 0.3 is 0 Å². The molecular formula is C17H18O2S. The van der Waals surface area contributed by atoms with Crippen LogP contribution in [0.5, 0.6) is 0 Å². The molecule has 104 valence electrons. The van der Waals surface area contributed by atoms with Crippen LogP contribution in [0.4, 0.5) is 0 Å². The molecule has 0 N–H and O–H groups in total. The Morgan fingerprint density at radius 3 is 2.75 bits per heavy atom. The number of ketones is 1. The minimum absolute atomic E-state index is 0.174. The minimum atomic E-state index is 0.174. The topological polar surface area (TPSA) is 26.3 Å². The van der Waals surface area contributed by atoms with Gasteiger partial charge in [0.15, 0.2) is 5.78 Å². The molecule has 0 bridgehead atoms. The van der Waals surface area contributed by atoms with E-state index >= 15 is 0 Å². The van der Waals surface area contributed by atoms with Crippen molar-refractivity contribution in [2.24, 2.45) is 0 Å². The number of rotatable bonds is 5. The molecule has 0 aliphatic carbocycles. The monoisotopic (exact) mass is 286 g/mol. The van der Waals surface area contributed by atoms with Gasteiger partial charge in [-0.15, -0.1) is 11.3 Å². The third kappa shape index (κ3) is 3.00. The summed E-state index contributed by atoms with van der Waals surface area (Å²) in [6.07, 6.45) is 2.87. The maximum absolute atomic E-state index is 12.4. The standard InChI is InChI=1S/C17H18O2S/c18-15(17-9-5-11-20-17)12-14(16-8-4-10-19-16)13-6-2-1-3-7-13/h1-3,5-7,9,11,14,16H,4,8,10,12H2. The lowest BCUT2D eigenvalue weighted by molar-refractivity contribution is 0.0760. The summed E-state index contributed by atoms with van der Waals surface area (Å²) in [7, 11) is 0. The van der Waals surface area contributed by atoms with Gasteiger partial charge in [-0.1, -0.05) is 36.4 Å². The molecule has 2 heterocycles. The molecule has 2 aromatic rings. The highest BCUT2D eigenvalue weighted by molar-refractivity contribution is 7.12. The van der Waals surface area contributed by atoms with Crippen molar-refractivity contribution in [2.75, 3.05) is 6.61 Å². The molecule has 1 fully saturated rings. The second-order valence-electron chi connectivity index (χ2n) is 5.17. The lowest BCUT2D eigenvalue weighted by atomic mass is 9.87. The van der Waals surface area contributed by atoms with Gasteiger partial charge in [0.05, 0.1) is 11.0 Å². The number of benzene rings is 1. The fourth-order valence-electron chi connectivity index (χ4n) is 2.82. The minimum Gasteiger partial charge on any atom is -0.378 e. The Bertz CT molecular complexity index is 542. The predicted molar refractivity (Wildman–Crippen MR) is 81.4 cm³/mol. The zero-order valence-corrected chi connectivity index (χ0v) is 12.1. The summed E-state index contributed by atoms with van der Waals surface area (Å²) >= 11 is 1.52. The Morgan fingerprint density at radius 1 is 1.25 bits per heavy atom. The molecular weight excluding hydrogens is 268 g/mol. The molecule has 0 spiro atoms. The summed E-state index contributed by atoms with van der Waals surface area (Å²) in [5.74, 6) is 0.401. The Balaban J connectivity index is 1.80. The summed E-state index contributed by atoms with van der Waals surface area (Å²) in [5, 5.41) is 1.96. The summed E-state index contributed by atoms with van der Waals surface area (Å²) in [4.78, 5) is 13.3. The van der Waals surface area contributed by atoms with E-state index in [9.17, 15) is 4.79 Å². The predicted octanol–water partition coefficient (Wildman–Crippen LogP) is 4.28. The van der Waals surface area contributed by atoms with E-state index in [2.05, 4.69) is 12.1 Å². The molecule has 0 amide bonds. The average Bonchev–Trinajstić information content (AvgIpc) is 3.18. The Hall–Kier alpha value is -1.45. The maximum atomic E-state index is 12.4. The first-order valence-electron chi connectivity index (χ1n) is 7.08. The second kappa shape index (κ2) is 6.33. The Labute approximate surface area is 123 Å². The van der Waals surface area contributed by atoms with E-state index < -0.39 is 0 Å². The number of Topliss-reactive ketones (excluding diaryl/α,β-unsaturated/α-hetero) is 1. The maximum Gasteiger partial charge on any atom is 0.173 e. The lowest BCUT2D eigenvalue weighted by Gasteiger charge is -2.22. The van der Waals surface area contributed by atoms with Gasteiger partial charge in [-0.25, -0.2) is 0 Å². The van der Waals surface area contributed by atoms with Gasteiger partial charge in [0.1, 0.15) is 0 Å². The first kappa shape index (κ1) is 13.5. The fourth-order valence-corrected chi connectivity index (χ4v) is 3.50. The largest absolute Gasteiger partial charge is 0.378 e. The number of carbonyl (C=O) groups is 1. The second-order valence-corrected chi connectivity index (χ2v) is 6.12. The average molecular weight is 286 g/mol. The highest BCUT2D eigenvalue weighted by Gasteiger charge is 2.29. The highest BCUT2D eigenvalue weighted by atomic mass is 32.1. The Kier molecular flexibility index (Phi) is 4.28. The quantitative estimate of drug-likeness (QED) is 0.767. The molecule has 1 aliphatic rings. The molecule has 1 aromatic heterocycles. The molecule has 1 aromatic carbocycles. The van der Waals surface area contributed by atoms with Crippen LogP contribution in [0.3, 0.4) is 0 Å². The van der Waals surface area contributed by atoms with E-state index in [0.29, 0.717) is 6.42 Å². The first-order valence-corrected chi connectivity index (χ1v) is 7.96. The van der Waals surface area contributed by atoms with Crippen molar-refractivity contribution in [3.8, 4) is 0 Å². The highest BCUT2D eigenvalue weighted by Crippen LogP contribution is 2.33. The number of hydrogen-bond acceptors (Lipinski definition) is 3. The normalized spacial score (nSPS) is 19.9. The van der Waals surface area contributed by atoms with Crippen molar-refractivity contribution in [3.05, 3.63) is 58.3 Å². The van der Waals surface area contributed by atoms with Gasteiger partial charge in [0.2, 0.25) is 0 Å². The molecule has 2 nitrogen and oxygen atoms in total. The molecule has 1 saturated heterocycles. The molecule has 3 rings (SSSR count). The van der Waals surface area contributed by atoms with Crippen LogP contribution >= 0.6 is 11.3 Å². The molecule has 1 aliphatic heterocycles. The molecule has 2 atom stereocenters. The van der Waals surface area contributed by atoms with E-state index in [1.165, 1.54) is 16.9 Å². The number of ether oxygens (including phenoxy) is 1. The van der Waals surface area contributed by atoms with Crippen LogP contribution in [-0.4, -0.2) is 18.5 Å². The lowest BCUT2D eigenvalue weighted by Crippen LogP contribution is -2.20. The smallest absolute Gasteiger partial charge is 0.173 e. The third-order valence-corrected chi connectivity index (χ3v) is 4.75. The molecule has 0 saturated carbocycles. The molecule has 20 heavy (non-hydrogen) atoms. The molecule has 3 heteroatoms. The van der Waals surface area contributed by atoms with Crippen LogP contribution < -0.4 is 0 Å². The van der Waals surface area contributed by atoms with Crippen molar-refractivity contribution >= 4 is 17.1 Å². The van der Waals surface area contributed by atoms with Crippen LogP contribution in [0.2, 0.25) is 0 Å². The van der Waals surface area contributed by atoms with Crippen molar-refractivity contribution in [1.82, 2.24) is 0 Å². The van der Waals surface area contributed by atoms with Crippen LogP contribution in [0, 0.1) is 0 Å². The van der Waals surface area contributed by atoms with Gasteiger partial charge in [-0.3, -0.25) is 4.79 Å². The Morgan fingerprint density at radius 2 is 2.10 bits per heavy atom. The number of hydrogen-bond donors (Lipinski definition) is 0. The van der Waals surface area contributed by atoms with E-state index in [1.807, 2.05) is 35.7 Å². The van der Waals surface area contributed by atoms with Crippen molar-refractivity contribution in [3.63, 3.8) is 0 Å². The van der Waals surface area contributed by atoms with Gasteiger partial charge in [0, 0.05) is 18.9 Å². The number of thiophene rings is 1. The van der Waals surface area contributed by atoms with Crippen LogP contribution in [0.1, 0.15) is 40.4 Å². The van der Waals surface area contributed by atoms with E-state index in [4.69, 9.17) is 4.74 Å². The van der Waals surface area contributed by atoms with Gasteiger partial charge in [-0.05, 0) is 29.9 Å². The SMILES string of the molecule is O=C(CC(c1ccccc1)C1CCCO1)c1cccs1. The van der Waals surface area contributed by atoms with Gasteiger partial charge in [-0.2, -0.15) is 0 Å². The van der Waals surface area contributed by atoms with E-state index in [-0.39, 0.29) is 17.8 Å². The van der Waals surface area contributed by atoms with Crippen molar-refractivity contribution < 1.29 is 9.53 Å². The molecule has 2 unspecified atom stereocenters. The third-order valence-electron chi connectivity index (χ3n) is 3.84. The van der Waals surface area contributed by atoms with Crippen LogP contribution in [-0.2, 0) is 4.74 Å². The van der Waals surface area contributed by atoms with E-state index in [1.54, 1.807) is 0 Å². The van der Waals surface area contributed by atoms with Crippen molar-refractivity contribution in [2.45, 2.75) is 31.3 Å². The summed E-state index contributed by atoms with van der Waals surface area (Å²) in [5.41, 5.74) is 1.21. The van der Waals surface area contributed by atoms with Gasteiger partial charge < -0.3 is 4.74 Å².